The van der Waals surface area contributed by atoms with Crippen LogP contribution in [0.4, 0.5) is 10.5 Å². The Kier molecular flexibility index (Phi) is 4.39. The van der Waals surface area contributed by atoms with Crippen LogP contribution in [0.15, 0.2) is 65.5 Å². The summed E-state index contributed by atoms with van der Waals surface area (Å²) in [5.41, 5.74) is 1.45. The van der Waals surface area contributed by atoms with E-state index in [0.717, 1.165) is 5.69 Å². The van der Waals surface area contributed by atoms with E-state index in [9.17, 15) is 9.90 Å². The minimum absolute atomic E-state index is 0.0478. The number of nitrogens with zero attached hydrogens (tertiary/aromatic N) is 2. The molecule has 118 valence electrons. The molecule has 0 saturated heterocycles. The normalized spacial score (nSPS) is 11.9. The molecule has 0 aliphatic carbocycles. The number of carbonyl (C=O) groups excluding carboxylic acids is 1. The molecule has 0 aliphatic rings. The highest BCUT2D eigenvalue weighted by atomic mass is 16.4. The number of rotatable bonds is 5. The van der Waals surface area contributed by atoms with Gasteiger partial charge >= 0.3 is 6.03 Å². The lowest BCUT2D eigenvalue weighted by Gasteiger charge is -2.09. The van der Waals surface area contributed by atoms with E-state index in [0.29, 0.717) is 11.4 Å². The summed E-state index contributed by atoms with van der Waals surface area (Å²) in [6.45, 7) is 0.0478. The first kappa shape index (κ1) is 14.9. The Morgan fingerprint density at radius 1 is 1.26 bits per heavy atom. The first-order chi connectivity index (χ1) is 11.2. The van der Waals surface area contributed by atoms with Crippen LogP contribution in [0, 0.1) is 0 Å². The topological polar surface area (TPSA) is 92.3 Å². The highest BCUT2D eigenvalue weighted by molar-refractivity contribution is 5.88. The number of benzene rings is 1. The molecule has 0 unspecified atom stereocenters. The van der Waals surface area contributed by atoms with Crippen molar-refractivity contribution in [3.63, 3.8) is 0 Å². The van der Waals surface area contributed by atoms with Gasteiger partial charge in [-0.3, -0.25) is 0 Å². The Balaban J connectivity index is 1.53. The lowest BCUT2D eigenvalue weighted by Crippen LogP contribution is -2.32. The van der Waals surface area contributed by atoms with E-state index < -0.39 is 12.1 Å². The van der Waals surface area contributed by atoms with Crippen LogP contribution in [0.3, 0.4) is 0 Å². The maximum absolute atomic E-state index is 11.8. The van der Waals surface area contributed by atoms with Gasteiger partial charge in [0.05, 0.1) is 36.6 Å². The summed E-state index contributed by atoms with van der Waals surface area (Å²) in [7, 11) is 0. The van der Waals surface area contributed by atoms with E-state index in [1.54, 1.807) is 29.2 Å². The SMILES string of the molecule is O=C(NC[C@@H](O)c1ccco1)Nc1cnn(-c2ccccc2)c1. The number of aromatic nitrogens is 2. The fourth-order valence-corrected chi connectivity index (χ4v) is 2.06. The average Bonchev–Trinajstić information content (AvgIpc) is 3.25. The van der Waals surface area contributed by atoms with Crippen molar-refractivity contribution in [2.75, 3.05) is 11.9 Å². The van der Waals surface area contributed by atoms with E-state index in [-0.39, 0.29) is 6.54 Å². The molecule has 3 aromatic rings. The van der Waals surface area contributed by atoms with Crippen LogP contribution < -0.4 is 10.6 Å². The number of furan rings is 1. The molecular weight excluding hydrogens is 296 g/mol. The molecule has 2 aromatic heterocycles. The van der Waals surface area contributed by atoms with Gasteiger partial charge in [-0.1, -0.05) is 18.2 Å². The summed E-state index contributed by atoms with van der Waals surface area (Å²) >= 11 is 0. The number of urea groups is 1. The van der Waals surface area contributed by atoms with Crippen LogP contribution in [0.25, 0.3) is 5.69 Å². The van der Waals surface area contributed by atoms with Crippen molar-refractivity contribution in [1.29, 1.82) is 0 Å². The number of hydrogen-bond donors (Lipinski definition) is 3. The van der Waals surface area contributed by atoms with Crippen molar-refractivity contribution in [1.82, 2.24) is 15.1 Å². The summed E-state index contributed by atoms with van der Waals surface area (Å²) in [6.07, 6.45) is 3.84. The molecule has 23 heavy (non-hydrogen) atoms. The van der Waals surface area contributed by atoms with Gasteiger partial charge < -0.3 is 20.2 Å². The maximum Gasteiger partial charge on any atom is 0.319 e. The van der Waals surface area contributed by atoms with Gasteiger partial charge in [0.15, 0.2) is 0 Å². The minimum atomic E-state index is -0.886. The van der Waals surface area contributed by atoms with Gasteiger partial charge in [0, 0.05) is 0 Å². The fourth-order valence-electron chi connectivity index (χ4n) is 2.06. The Morgan fingerprint density at radius 2 is 2.09 bits per heavy atom. The molecule has 0 fully saturated rings. The zero-order valence-electron chi connectivity index (χ0n) is 12.2. The zero-order valence-corrected chi connectivity index (χ0v) is 12.2. The van der Waals surface area contributed by atoms with Crippen LogP contribution in [-0.4, -0.2) is 27.5 Å². The summed E-state index contributed by atoms with van der Waals surface area (Å²) in [4.78, 5) is 11.8. The van der Waals surface area contributed by atoms with Crippen molar-refractivity contribution in [3.8, 4) is 5.69 Å². The number of aliphatic hydroxyl groups is 1. The van der Waals surface area contributed by atoms with Gasteiger partial charge in [-0.25, -0.2) is 9.48 Å². The number of nitrogens with one attached hydrogen (secondary N) is 2. The minimum Gasteiger partial charge on any atom is -0.467 e. The molecule has 7 nitrogen and oxygen atoms in total. The predicted octanol–water partition coefficient (Wildman–Crippen LogP) is 2.32. The van der Waals surface area contributed by atoms with Crippen LogP contribution in [0.2, 0.25) is 0 Å². The van der Waals surface area contributed by atoms with Crippen LogP contribution in [0.5, 0.6) is 0 Å². The second kappa shape index (κ2) is 6.80. The van der Waals surface area contributed by atoms with Crippen LogP contribution in [0.1, 0.15) is 11.9 Å². The lowest BCUT2D eigenvalue weighted by atomic mass is 10.3. The van der Waals surface area contributed by atoms with Gasteiger partial charge in [0.2, 0.25) is 0 Å². The average molecular weight is 312 g/mol. The van der Waals surface area contributed by atoms with Crippen molar-refractivity contribution >= 4 is 11.7 Å². The Labute approximate surface area is 132 Å². The van der Waals surface area contributed by atoms with Gasteiger partial charge in [0.25, 0.3) is 0 Å². The molecule has 0 saturated carbocycles. The molecule has 3 N–H and O–H groups in total. The molecule has 0 bridgehead atoms. The van der Waals surface area contributed by atoms with E-state index in [4.69, 9.17) is 4.42 Å². The molecule has 2 amide bonds. The predicted molar refractivity (Wildman–Crippen MR) is 84.3 cm³/mol. The molecule has 0 aliphatic heterocycles. The van der Waals surface area contributed by atoms with E-state index >= 15 is 0 Å². The monoisotopic (exact) mass is 312 g/mol. The third-order valence-corrected chi connectivity index (χ3v) is 3.19. The molecule has 1 atom stereocenters. The number of anilines is 1. The Hall–Kier alpha value is -3.06. The Morgan fingerprint density at radius 3 is 2.83 bits per heavy atom. The second-order valence-corrected chi connectivity index (χ2v) is 4.88. The van der Waals surface area contributed by atoms with Crippen molar-refractivity contribution < 1.29 is 14.3 Å². The largest absolute Gasteiger partial charge is 0.467 e. The quantitative estimate of drug-likeness (QED) is 0.674. The van der Waals surface area contributed by atoms with Gasteiger partial charge in [0.1, 0.15) is 11.9 Å². The van der Waals surface area contributed by atoms with E-state index in [1.165, 1.54) is 6.26 Å². The number of carbonyl (C=O) groups is 1. The van der Waals surface area contributed by atoms with Crippen molar-refractivity contribution in [3.05, 3.63) is 66.9 Å². The molecule has 1 aromatic carbocycles. The summed E-state index contributed by atoms with van der Waals surface area (Å²) in [6, 6.07) is 12.5. The smallest absolute Gasteiger partial charge is 0.319 e. The number of amides is 2. The van der Waals surface area contributed by atoms with Crippen molar-refractivity contribution in [2.24, 2.45) is 0 Å². The molecule has 0 spiro atoms. The fraction of sp³-hybridized carbons (Fsp3) is 0.125. The number of aliphatic hydroxyl groups excluding tert-OH is 1. The standard InChI is InChI=1S/C16H16N4O3/c21-14(15-7-4-8-23-15)10-17-16(22)19-12-9-18-20(11-12)13-5-2-1-3-6-13/h1-9,11,14,21H,10H2,(H2,17,19,22)/t14-/m1/s1. The van der Waals surface area contributed by atoms with E-state index in [2.05, 4.69) is 15.7 Å². The molecule has 3 rings (SSSR count). The lowest BCUT2D eigenvalue weighted by molar-refractivity contribution is 0.149. The van der Waals surface area contributed by atoms with Gasteiger partial charge in [-0.2, -0.15) is 5.10 Å². The third-order valence-electron chi connectivity index (χ3n) is 3.19. The molecular formula is C16H16N4O3. The third kappa shape index (κ3) is 3.78. The first-order valence-electron chi connectivity index (χ1n) is 7.09. The second-order valence-electron chi connectivity index (χ2n) is 4.88. The van der Waals surface area contributed by atoms with E-state index in [1.807, 2.05) is 30.3 Å². The molecule has 2 heterocycles. The van der Waals surface area contributed by atoms with Gasteiger partial charge in [-0.05, 0) is 24.3 Å². The summed E-state index contributed by atoms with van der Waals surface area (Å²) < 4.78 is 6.72. The maximum atomic E-state index is 11.8. The summed E-state index contributed by atoms with van der Waals surface area (Å²) in [5.74, 6) is 0.405. The highest BCUT2D eigenvalue weighted by Crippen LogP contribution is 2.13. The zero-order chi connectivity index (χ0) is 16.1. The molecule has 0 radical (unpaired) electrons. The van der Waals surface area contributed by atoms with Gasteiger partial charge in [-0.15, -0.1) is 0 Å². The number of para-hydroxylation sites is 1. The van der Waals surface area contributed by atoms with Crippen LogP contribution in [-0.2, 0) is 0 Å². The number of hydrogen-bond acceptors (Lipinski definition) is 4. The van der Waals surface area contributed by atoms with Crippen LogP contribution >= 0.6 is 0 Å². The first-order valence-corrected chi connectivity index (χ1v) is 7.09. The summed E-state index contributed by atoms with van der Waals surface area (Å²) in [5, 5.41) is 19.2. The van der Waals surface area contributed by atoms with Crippen molar-refractivity contribution in [2.45, 2.75) is 6.10 Å². The molecule has 7 heteroatoms. The highest BCUT2D eigenvalue weighted by Gasteiger charge is 2.12. The Bertz CT molecular complexity index is 753.